The number of halogens is 1. The van der Waals surface area contributed by atoms with Crippen LogP contribution in [0.25, 0.3) is 0 Å². The number of anilines is 2. The van der Waals surface area contributed by atoms with Gasteiger partial charge in [-0.2, -0.15) is 4.31 Å². The van der Waals surface area contributed by atoms with Crippen molar-refractivity contribution in [3.05, 3.63) is 58.9 Å². The first-order valence-corrected chi connectivity index (χ1v) is 13.1. The van der Waals surface area contributed by atoms with E-state index in [1.54, 1.807) is 16.4 Å². The van der Waals surface area contributed by atoms with Gasteiger partial charge in [-0.15, -0.1) is 0 Å². The maximum atomic E-state index is 13.3. The minimum Gasteiger partial charge on any atom is -0.384 e. The largest absolute Gasteiger partial charge is 0.384 e. The van der Waals surface area contributed by atoms with Gasteiger partial charge in [0.2, 0.25) is 10.0 Å². The van der Waals surface area contributed by atoms with Crippen molar-refractivity contribution in [1.82, 2.24) is 9.21 Å². The van der Waals surface area contributed by atoms with E-state index in [9.17, 15) is 12.8 Å². The molecule has 0 amide bonds. The van der Waals surface area contributed by atoms with Gasteiger partial charge in [0.05, 0.1) is 12.4 Å². The second-order valence-electron chi connectivity index (χ2n) is 9.14. The van der Waals surface area contributed by atoms with Crippen LogP contribution in [0.15, 0.2) is 36.4 Å². The number of nitrogens with one attached hydrogen (secondary N) is 2. The van der Waals surface area contributed by atoms with Crippen molar-refractivity contribution in [1.29, 1.82) is 5.41 Å². The van der Waals surface area contributed by atoms with Crippen molar-refractivity contribution in [2.75, 3.05) is 51.0 Å². The molecule has 2 N–H and O–H groups in total. The van der Waals surface area contributed by atoms with Crippen LogP contribution < -0.4 is 5.32 Å². The van der Waals surface area contributed by atoms with Crippen LogP contribution in [0.3, 0.4) is 0 Å². The summed E-state index contributed by atoms with van der Waals surface area (Å²) in [6, 6.07) is 9.91. The smallest absolute Gasteiger partial charge is 0.216 e. The van der Waals surface area contributed by atoms with E-state index in [-0.39, 0.29) is 24.2 Å². The Balaban J connectivity index is 1.95. The molecule has 2 aromatic carbocycles. The zero-order valence-corrected chi connectivity index (χ0v) is 21.2. The molecule has 7 nitrogen and oxygen atoms in total. The summed E-state index contributed by atoms with van der Waals surface area (Å²) < 4.78 is 45.6. The normalized spacial score (nSPS) is 17.8. The van der Waals surface area contributed by atoms with Crippen LogP contribution in [-0.2, 0) is 14.8 Å². The molecule has 0 aromatic heterocycles. The highest BCUT2D eigenvalue weighted by atomic mass is 32.2. The Kier molecular flexibility index (Phi) is 8.81. The SMILES string of the molecule is COCCS(=O)(=O)N1CCN(CC(C)C)[C@H](c2cc(C=N)c(Nc3ccc(F)cc3)cc2C)C1. The van der Waals surface area contributed by atoms with Crippen molar-refractivity contribution in [3.8, 4) is 0 Å². The molecule has 1 saturated heterocycles. The van der Waals surface area contributed by atoms with Crippen LogP contribution in [0.4, 0.5) is 15.8 Å². The quantitative estimate of drug-likeness (QED) is 0.489. The Hall–Kier alpha value is -2.33. The topological polar surface area (TPSA) is 85.7 Å². The number of hydrogen-bond donors (Lipinski definition) is 2. The van der Waals surface area contributed by atoms with Crippen LogP contribution in [0.5, 0.6) is 0 Å². The summed E-state index contributed by atoms with van der Waals surface area (Å²) >= 11 is 0. The number of nitrogens with zero attached hydrogens (tertiary/aromatic N) is 2. The third kappa shape index (κ3) is 6.41. The highest BCUT2D eigenvalue weighted by molar-refractivity contribution is 7.89. The van der Waals surface area contributed by atoms with Crippen molar-refractivity contribution >= 4 is 27.6 Å². The molecule has 9 heteroatoms. The predicted octanol–water partition coefficient (Wildman–Crippen LogP) is 4.17. The van der Waals surface area contributed by atoms with Gasteiger partial charge in [-0.3, -0.25) is 4.90 Å². The molecular formula is C25H35FN4O3S. The Bertz CT molecular complexity index is 1090. The highest BCUT2D eigenvalue weighted by Crippen LogP contribution is 2.33. The van der Waals surface area contributed by atoms with Crippen LogP contribution in [0.1, 0.15) is 36.6 Å². The summed E-state index contributed by atoms with van der Waals surface area (Å²) in [4.78, 5) is 2.34. The first-order valence-electron chi connectivity index (χ1n) is 11.5. The lowest BCUT2D eigenvalue weighted by molar-refractivity contribution is 0.104. The summed E-state index contributed by atoms with van der Waals surface area (Å²) in [7, 11) is -1.92. The Morgan fingerprint density at radius 3 is 2.56 bits per heavy atom. The van der Waals surface area contributed by atoms with Gasteiger partial charge in [0.1, 0.15) is 5.82 Å². The van der Waals surface area contributed by atoms with E-state index in [0.717, 1.165) is 29.0 Å². The predicted molar refractivity (Wildman–Crippen MR) is 135 cm³/mol. The fourth-order valence-electron chi connectivity index (χ4n) is 4.37. The van der Waals surface area contributed by atoms with Crippen molar-refractivity contribution < 1.29 is 17.5 Å². The molecule has 0 saturated carbocycles. The molecule has 3 rings (SSSR count). The van der Waals surface area contributed by atoms with Gasteiger partial charge in [-0.05, 0) is 60.4 Å². The lowest BCUT2D eigenvalue weighted by Gasteiger charge is -2.42. The molecule has 1 aliphatic rings. The molecule has 0 radical (unpaired) electrons. The van der Waals surface area contributed by atoms with Crippen molar-refractivity contribution in [2.45, 2.75) is 26.8 Å². The average Bonchev–Trinajstić information content (AvgIpc) is 2.79. The molecule has 186 valence electrons. The summed E-state index contributed by atoms with van der Waals surface area (Å²) in [5.74, 6) is 0.0871. The molecule has 1 aliphatic heterocycles. The van der Waals surface area contributed by atoms with Gasteiger partial charge in [0, 0.05) is 62.5 Å². The third-order valence-electron chi connectivity index (χ3n) is 6.07. The van der Waals surface area contributed by atoms with Crippen molar-refractivity contribution in [2.24, 2.45) is 5.92 Å². The lowest BCUT2D eigenvalue weighted by Crippen LogP contribution is -2.52. The number of benzene rings is 2. The fraction of sp³-hybridized carbons (Fsp3) is 0.480. The standard InChI is InChI=1S/C25H35FN4O3S/c1-18(2)16-29-9-10-30(34(31,32)12-11-33-4)17-25(29)23-14-20(15-27)24(13-19(23)3)28-22-7-5-21(26)6-8-22/h5-8,13-15,18,25,27-28H,9-12,16-17H2,1-4H3/t25-/m0/s1. The maximum absolute atomic E-state index is 13.3. The molecular weight excluding hydrogens is 455 g/mol. The van der Waals surface area contributed by atoms with Gasteiger partial charge in [-0.25, -0.2) is 12.8 Å². The van der Waals surface area contributed by atoms with Gasteiger partial charge in [0.15, 0.2) is 0 Å². The molecule has 1 heterocycles. The van der Waals surface area contributed by atoms with Gasteiger partial charge < -0.3 is 15.5 Å². The average molecular weight is 491 g/mol. The van der Waals surface area contributed by atoms with E-state index in [4.69, 9.17) is 10.1 Å². The van der Waals surface area contributed by atoms with Crippen LogP contribution in [0.2, 0.25) is 0 Å². The van der Waals surface area contributed by atoms with Gasteiger partial charge in [-0.1, -0.05) is 13.8 Å². The summed E-state index contributed by atoms with van der Waals surface area (Å²) in [6.07, 6.45) is 1.29. The Morgan fingerprint density at radius 2 is 1.94 bits per heavy atom. The number of hydrogen-bond acceptors (Lipinski definition) is 6. The molecule has 0 spiro atoms. The first-order chi connectivity index (χ1) is 16.1. The summed E-state index contributed by atoms with van der Waals surface area (Å²) in [6.45, 7) is 8.80. The molecule has 0 aliphatic carbocycles. The molecule has 0 bridgehead atoms. The third-order valence-corrected chi connectivity index (χ3v) is 7.87. The molecule has 0 unspecified atom stereocenters. The summed E-state index contributed by atoms with van der Waals surface area (Å²) in [5, 5.41) is 11.3. The number of sulfonamides is 1. The maximum Gasteiger partial charge on any atom is 0.216 e. The molecule has 2 aromatic rings. The van der Waals surface area contributed by atoms with E-state index in [1.165, 1.54) is 25.5 Å². The van der Waals surface area contributed by atoms with Gasteiger partial charge in [0.25, 0.3) is 0 Å². The Labute approximate surface area is 202 Å². The Morgan fingerprint density at radius 1 is 1.24 bits per heavy atom. The minimum atomic E-state index is -3.43. The monoisotopic (exact) mass is 490 g/mol. The number of ether oxygens (including phenoxy) is 1. The van der Waals surface area contributed by atoms with Crippen LogP contribution in [-0.4, -0.2) is 69.5 Å². The van der Waals surface area contributed by atoms with E-state index in [1.807, 2.05) is 19.1 Å². The van der Waals surface area contributed by atoms with Crippen LogP contribution in [0, 0.1) is 24.1 Å². The summed E-state index contributed by atoms with van der Waals surface area (Å²) in [5.41, 5.74) is 4.18. The zero-order chi connectivity index (χ0) is 24.9. The van der Waals surface area contributed by atoms with Gasteiger partial charge >= 0.3 is 0 Å². The number of methoxy groups -OCH3 is 1. The first kappa shape index (κ1) is 26.3. The molecule has 1 fully saturated rings. The van der Waals surface area contributed by atoms with Crippen molar-refractivity contribution in [3.63, 3.8) is 0 Å². The van der Waals surface area contributed by atoms with Crippen LogP contribution >= 0.6 is 0 Å². The minimum absolute atomic E-state index is 0.0361. The number of piperazine rings is 1. The zero-order valence-electron chi connectivity index (χ0n) is 20.3. The fourth-order valence-corrected chi connectivity index (χ4v) is 5.73. The lowest BCUT2D eigenvalue weighted by atomic mass is 9.94. The van der Waals surface area contributed by atoms with E-state index in [2.05, 4.69) is 24.1 Å². The van der Waals surface area contributed by atoms with E-state index < -0.39 is 10.0 Å². The molecule has 1 atom stereocenters. The number of aryl methyl sites for hydroxylation is 1. The van der Waals surface area contributed by atoms with E-state index >= 15 is 0 Å². The second kappa shape index (κ2) is 11.4. The highest BCUT2D eigenvalue weighted by Gasteiger charge is 2.35. The number of rotatable bonds is 10. The second-order valence-corrected chi connectivity index (χ2v) is 11.2. The van der Waals surface area contributed by atoms with E-state index in [0.29, 0.717) is 31.1 Å². The molecule has 34 heavy (non-hydrogen) atoms.